The molecule has 0 aliphatic carbocycles. The SMILES string of the molecule is Cl.Cl.O=C(Cc1csc(-c2cccs2)n1)N1C2CCNCC1CC2. The summed E-state index contributed by atoms with van der Waals surface area (Å²) in [6, 6.07) is 4.93. The van der Waals surface area contributed by atoms with Crippen LogP contribution in [0.2, 0.25) is 0 Å². The van der Waals surface area contributed by atoms with Crippen LogP contribution in [0.1, 0.15) is 25.0 Å². The summed E-state index contributed by atoms with van der Waals surface area (Å²) in [5, 5.41) is 8.56. The van der Waals surface area contributed by atoms with Crippen LogP contribution in [0, 0.1) is 0 Å². The van der Waals surface area contributed by atoms with Gasteiger partial charge in [-0.2, -0.15) is 0 Å². The molecule has 0 saturated carbocycles. The van der Waals surface area contributed by atoms with Gasteiger partial charge in [0.2, 0.25) is 5.91 Å². The molecular formula is C16H21Cl2N3OS2. The minimum absolute atomic E-state index is 0. The van der Waals surface area contributed by atoms with Crippen LogP contribution < -0.4 is 5.32 Å². The van der Waals surface area contributed by atoms with Gasteiger partial charge >= 0.3 is 0 Å². The average Bonchev–Trinajstić information content (AvgIpc) is 3.18. The minimum atomic E-state index is 0. The van der Waals surface area contributed by atoms with Gasteiger partial charge in [0.1, 0.15) is 5.01 Å². The van der Waals surface area contributed by atoms with Gasteiger partial charge in [0.05, 0.1) is 17.0 Å². The fourth-order valence-corrected chi connectivity index (χ4v) is 5.17. The smallest absolute Gasteiger partial charge is 0.229 e. The molecule has 4 rings (SSSR count). The molecule has 132 valence electrons. The lowest BCUT2D eigenvalue weighted by Crippen LogP contribution is -2.43. The third kappa shape index (κ3) is 3.94. The van der Waals surface area contributed by atoms with Gasteiger partial charge in [-0.1, -0.05) is 6.07 Å². The number of hydrogen-bond acceptors (Lipinski definition) is 5. The Hall–Kier alpha value is -0.660. The Morgan fingerprint density at radius 1 is 1.25 bits per heavy atom. The molecule has 4 heterocycles. The van der Waals surface area contributed by atoms with Crippen molar-refractivity contribution in [1.82, 2.24) is 15.2 Å². The van der Waals surface area contributed by atoms with Crippen LogP contribution >= 0.6 is 47.5 Å². The first kappa shape index (κ1) is 19.7. The molecule has 8 heteroatoms. The van der Waals surface area contributed by atoms with Crippen LogP contribution in [0.4, 0.5) is 0 Å². The Morgan fingerprint density at radius 3 is 2.88 bits per heavy atom. The van der Waals surface area contributed by atoms with Crippen molar-refractivity contribution in [2.45, 2.75) is 37.8 Å². The highest BCUT2D eigenvalue weighted by atomic mass is 35.5. The van der Waals surface area contributed by atoms with E-state index in [-0.39, 0.29) is 30.7 Å². The van der Waals surface area contributed by atoms with E-state index in [4.69, 9.17) is 0 Å². The van der Waals surface area contributed by atoms with Crippen molar-refractivity contribution in [2.75, 3.05) is 13.1 Å². The number of carbonyl (C=O) groups excluding carboxylic acids is 1. The lowest BCUT2D eigenvalue weighted by molar-refractivity contribution is -0.133. The molecule has 24 heavy (non-hydrogen) atoms. The second-order valence-corrected chi connectivity index (χ2v) is 7.78. The van der Waals surface area contributed by atoms with Gasteiger partial charge in [0, 0.05) is 24.0 Å². The predicted octanol–water partition coefficient (Wildman–Crippen LogP) is 3.61. The number of rotatable bonds is 3. The van der Waals surface area contributed by atoms with Gasteiger partial charge < -0.3 is 10.2 Å². The van der Waals surface area contributed by atoms with E-state index in [1.165, 1.54) is 4.88 Å². The summed E-state index contributed by atoms with van der Waals surface area (Å²) in [6.45, 7) is 1.98. The fraction of sp³-hybridized carbons (Fsp3) is 0.500. The summed E-state index contributed by atoms with van der Waals surface area (Å²) in [6.07, 6.45) is 3.82. The number of halogens is 2. The Bertz CT molecular complexity index is 648. The van der Waals surface area contributed by atoms with Gasteiger partial charge in [-0.25, -0.2) is 4.98 Å². The second-order valence-electron chi connectivity index (χ2n) is 5.98. The molecule has 2 aliphatic heterocycles. The molecule has 2 bridgehead atoms. The van der Waals surface area contributed by atoms with E-state index >= 15 is 0 Å². The fourth-order valence-electron chi connectivity index (χ4n) is 3.54. The van der Waals surface area contributed by atoms with Crippen molar-refractivity contribution in [1.29, 1.82) is 0 Å². The molecule has 0 radical (unpaired) electrons. The molecule has 0 aromatic carbocycles. The van der Waals surface area contributed by atoms with Gasteiger partial charge in [0.25, 0.3) is 0 Å². The number of thiophene rings is 1. The maximum absolute atomic E-state index is 12.7. The van der Waals surface area contributed by atoms with E-state index in [0.717, 1.165) is 43.1 Å². The van der Waals surface area contributed by atoms with Gasteiger partial charge in [-0.3, -0.25) is 4.79 Å². The molecule has 2 aliphatic rings. The molecule has 2 fully saturated rings. The largest absolute Gasteiger partial charge is 0.335 e. The monoisotopic (exact) mass is 405 g/mol. The lowest BCUT2D eigenvalue weighted by atomic mass is 10.1. The maximum Gasteiger partial charge on any atom is 0.229 e. The highest BCUT2D eigenvalue weighted by Gasteiger charge is 2.37. The highest BCUT2D eigenvalue weighted by Crippen LogP contribution is 2.30. The average molecular weight is 406 g/mol. The molecule has 1 amide bonds. The van der Waals surface area contributed by atoms with Crippen molar-refractivity contribution in [3.63, 3.8) is 0 Å². The van der Waals surface area contributed by atoms with Crippen LogP contribution in [-0.4, -0.2) is 41.0 Å². The van der Waals surface area contributed by atoms with Crippen LogP contribution in [0.25, 0.3) is 9.88 Å². The highest BCUT2D eigenvalue weighted by molar-refractivity contribution is 7.20. The summed E-state index contributed by atoms with van der Waals surface area (Å²) in [4.78, 5) is 20.7. The zero-order chi connectivity index (χ0) is 14.9. The number of amides is 1. The van der Waals surface area contributed by atoms with E-state index in [2.05, 4.69) is 26.6 Å². The predicted molar refractivity (Wildman–Crippen MR) is 105 cm³/mol. The third-order valence-electron chi connectivity index (χ3n) is 4.56. The zero-order valence-corrected chi connectivity index (χ0v) is 16.4. The van der Waals surface area contributed by atoms with Gasteiger partial charge in [-0.15, -0.1) is 47.5 Å². The van der Waals surface area contributed by atoms with E-state index < -0.39 is 0 Å². The normalized spacial score (nSPS) is 22.4. The van der Waals surface area contributed by atoms with Crippen LogP contribution in [0.3, 0.4) is 0 Å². The molecular weight excluding hydrogens is 385 g/mol. The number of carbonyl (C=O) groups is 1. The number of thiazole rings is 1. The first-order valence-electron chi connectivity index (χ1n) is 7.81. The van der Waals surface area contributed by atoms with Gasteiger partial charge in [0.15, 0.2) is 0 Å². The van der Waals surface area contributed by atoms with Gasteiger partial charge in [-0.05, 0) is 37.3 Å². The number of hydrogen-bond donors (Lipinski definition) is 1. The third-order valence-corrected chi connectivity index (χ3v) is 6.49. The van der Waals surface area contributed by atoms with E-state index in [9.17, 15) is 4.79 Å². The van der Waals surface area contributed by atoms with Crippen molar-refractivity contribution in [2.24, 2.45) is 0 Å². The number of nitrogens with zero attached hydrogens (tertiary/aromatic N) is 2. The molecule has 2 atom stereocenters. The van der Waals surface area contributed by atoms with Crippen molar-refractivity contribution < 1.29 is 4.79 Å². The molecule has 0 spiro atoms. The summed E-state index contributed by atoms with van der Waals surface area (Å²) < 4.78 is 0. The molecule has 2 unspecified atom stereocenters. The molecule has 1 N–H and O–H groups in total. The van der Waals surface area contributed by atoms with Crippen molar-refractivity contribution >= 4 is 53.4 Å². The zero-order valence-electron chi connectivity index (χ0n) is 13.1. The summed E-state index contributed by atoms with van der Waals surface area (Å²) in [5.41, 5.74) is 0.912. The Kier molecular flexibility index (Phi) is 7.07. The van der Waals surface area contributed by atoms with Crippen LogP contribution in [0.5, 0.6) is 0 Å². The Balaban J connectivity index is 0.00000104. The Morgan fingerprint density at radius 2 is 2.08 bits per heavy atom. The molecule has 2 aromatic heterocycles. The summed E-state index contributed by atoms with van der Waals surface area (Å²) >= 11 is 3.33. The van der Waals surface area contributed by atoms with E-state index in [1.807, 2.05) is 11.4 Å². The standard InChI is InChI=1S/C16H19N3OS2.2ClH/c20-15(19-12-3-4-13(19)9-17-6-5-12)8-11-10-22-16(18-11)14-2-1-7-21-14;;/h1-2,7,10,12-13,17H,3-6,8-9H2;2*1H. The minimum Gasteiger partial charge on any atom is -0.335 e. The van der Waals surface area contributed by atoms with Crippen LogP contribution in [0.15, 0.2) is 22.9 Å². The topological polar surface area (TPSA) is 45.2 Å². The van der Waals surface area contributed by atoms with E-state index in [1.54, 1.807) is 22.7 Å². The summed E-state index contributed by atoms with van der Waals surface area (Å²) in [5.74, 6) is 0.249. The number of fused-ring (bicyclic) bond motifs is 2. The van der Waals surface area contributed by atoms with E-state index in [0.29, 0.717) is 18.5 Å². The lowest BCUT2D eigenvalue weighted by Gasteiger charge is -2.27. The number of aromatic nitrogens is 1. The van der Waals surface area contributed by atoms with Crippen molar-refractivity contribution in [3.8, 4) is 9.88 Å². The molecule has 4 nitrogen and oxygen atoms in total. The molecule has 2 saturated heterocycles. The quantitative estimate of drug-likeness (QED) is 0.847. The second kappa shape index (κ2) is 8.63. The maximum atomic E-state index is 12.7. The number of nitrogens with one attached hydrogen (secondary N) is 1. The first-order chi connectivity index (χ1) is 10.8. The van der Waals surface area contributed by atoms with Crippen molar-refractivity contribution in [3.05, 3.63) is 28.6 Å². The first-order valence-corrected chi connectivity index (χ1v) is 9.57. The molecule has 2 aromatic rings. The Labute approximate surface area is 162 Å². The summed E-state index contributed by atoms with van der Waals surface area (Å²) in [7, 11) is 0. The van der Waals surface area contributed by atoms with Crippen LogP contribution in [-0.2, 0) is 11.2 Å².